The predicted octanol–water partition coefficient (Wildman–Crippen LogP) is 3.52. The SMILES string of the molecule is NCC1(CC(=O)Nc2cccc(N3CCCC3)c2)CCCCC1. The number of anilines is 2. The lowest BCUT2D eigenvalue weighted by molar-refractivity contribution is -0.118. The highest BCUT2D eigenvalue weighted by Crippen LogP contribution is 2.38. The second kappa shape index (κ2) is 7.35. The van der Waals surface area contributed by atoms with E-state index in [1.165, 1.54) is 37.8 Å². The average molecular weight is 315 g/mol. The Morgan fingerprint density at radius 2 is 1.87 bits per heavy atom. The summed E-state index contributed by atoms with van der Waals surface area (Å²) in [6.07, 6.45) is 8.93. The predicted molar refractivity (Wildman–Crippen MR) is 95.7 cm³/mol. The van der Waals surface area contributed by atoms with Crippen LogP contribution in [0.1, 0.15) is 51.4 Å². The van der Waals surface area contributed by atoms with Crippen molar-refractivity contribution in [3.8, 4) is 0 Å². The molecule has 0 unspecified atom stereocenters. The van der Waals surface area contributed by atoms with Gasteiger partial charge in [-0.1, -0.05) is 25.3 Å². The number of benzene rings is 1. The van der Waals surface area contributed by atoms with E-state index in [9.17, 15) is 4.79 Å². The summed E-state index contributed by atoms with van der Waals surface area (Å²) in [4.78, 5) is 14.9. The Bertz CT molecular complexity index is 531. The average Bonchev–Trinajstić information content (AvgIpc) is 3.10. The van der Waals surface area contributed by atoms with Gasteiger partial charge in [0.25, 0.3) is 0 Å². The lowest BCUT2D eigenvalue weighted by atomic mass is 9.71. The molecule has 2 fully saturated rings. The van der Waals surface area contributed by atoms with Crippen LogP contribution in [0.25, 0.3) is 0 Å². The third-order valence-corrected chi connectivity index (χ3v) is 5.48. The van der Waals surface area contributed by atoms with Crippen molar-refractivity contribution in [2.75, 3.05) is 29.9 Å². The number of hydrogen-bond donors (Lipinski definition) is 2. The van der Waals surface area contributed by atoms with Gasteiger partial charge in [-0.25, -0.2) is 0 Å². The van der Waals surface area contributed by atoms with Crippen LogP contribution < -0.4 is 16.0 Å². The molecule has 1 aromatic carbocycles. The normalized spacial score (nSPS) is 20.5. The van der Waals surface area contributed by atoms with Crippen LogP contribution in [0.4, 0.5) is 11.4 Å². The highest BCUT2D eigenvalue weighted by Gasteiger charge is 2.32. The molecule has 1 aromatic rings. The van der Waals surface area contributed by atoms with Crippen molar-refractivity contribution in [2.45, 2.75) is 51.4 Å². The van der Waals surface area contributed by atoms with Crippen LogP contribution >= 0.6 is 0 Å². The molecule has 0 atom stereocenters. The first-order chi connectivity index (χ1) is 11.2. The van der Waals surface area contributed by atoms with E-state index in [0.717, 1.165) is 31.6 Å². The van der Waals surface area contributed by atoms with Gasteiger partial charge >= 0.3 is 0 Å². The number of nitrogens with one attached hydrogen (secondary N) is 1. The van der Waals surface area contributed by atoms with E-state index in [0.29, 0.717) is 13.0 Å². The van der Waals surface area contributed by atoms with Crippen LogP contribution in [0.15, 0.2) is 24.3 Å². The van der Waals surface area contributed by atoms with Gasteiger partial charge in [0.2, 0.25) is 5.91 Å². The first kappa shape index (κ1) is 16.3. The van der Waals surface area contributed by atoms with Crippen molar-refractivity contribution in [2.24, 2.45) is 11.1 Å². The first-order valence-corrected chi connectivity index (χ1v) is 9.06. The fourth-order valence-electron chi connectivity index (χ4n) is 4.06. The van der Waals surface area contributed by atoms with Crippen molar-refractivity contribution < 1.29 is 4.79 Å². The van der Waals surface area contributed by atoms with Crippen LogP contribution in [0.2, 0.25) is 0 Å². The molecule has 0 spiro atoms. The molecule has 1 aliphatic carbocycles. The van der Waals surface area contributed by atoms with Crippen molar-refractivity contribution in [3.63, 3.8) is 0 Å². The maximum atomic E-state index is 12.5. The number of nitrogens with two attached hydrogens (primary N) is 1. The monoisotopic (exact) mass is 315 g/mol. The van der Waals surface area contributed by atoms with Crippen molar-refractivity contribution in [3.05, 3.63) is 24.3 Å². The zero-order valence-corrected chi connectivity index (χ0v) is 14.0. The lowest BCUT2D eigenvalue weighted by Gasteiger charge is -2.35. The summed E-state index contributed by atoms with van der Waals surface area (Å²) in [6.45, 7) is 2.86. The third-order valence-electron chi connectivity index (χ3n) is 5.48. The molecule has 0 bridgehead atoms. The van der Waals surface area contributed by atoms with Crippen molar-refractivity contribution in [1.29, 1.82) is 0 Å². The molecule has 126 valence electrons. The molecule has 4 nitrogen and oxygen atoms in total. The molecule has 3 rings (SSSR count). The summed E-state index contributed by atoms with van der Waals surface area (Å²) in [7, 11) is 0. The molecule has 3 N–H and O–H groups in total. The van der Waals surface area contributed by atoms with Crippen LogP contribution in [0.3, 0.4) is 0 Å². The van der Waals surface area contributed by atoms with Gasteiger partial charge in [0.1, 0.15) is 0 Å². The zero-order valence-electron chi connectivity index (χ0n) is 14.0. The molecule has 0 radical (unpaired) electrons. The van der Waals surface area contributed by atoms with Crippen LogP contribution in [0.5, 0.6) is 0 Å². The standard InChI is InChI=1S/C19H29N3O/c20-15-19(9-2-1-3-10-19)14-18(23)21-16-7-6-8-17(13-16)22-11-4-5-12-22/h6-8,13H,1-5,9-12,14-15,20H2,(H,21,23). The van der Waals surface area contributed by atoms with E-state index in [1.807, 2.05) is 12.1 Å². The van der Waals surface area contributed by atoms with Gasteiger partial charge in [0, 0.05) is 30.9 Å². The zero-order chi connectivity index (χ0) is 16.1. The maximum absolute atomic E-state index is 12.5. The topological polar surface area (TPSA) is 58.4 Å². The highest BCUT2D eigenvalue weighted by atomic mass is 16.1. The molecule has 1 saturated heterocycles. The van der Waals surface area contributed by atoms with Crippen molar-refractivity contribution >= 4 is 17.3 Å². The summed E-state index contributed by atoms with van der Waals surface area (Å²) in [5, 5.41) is 3.09. The largest absolute Gasteiger partial charge is 0.371 e. The number of nitrogens with zero attached hydrogens (tertiary/aromatic N) is 1. The Morgan fingerprint density at radius 3 is 2.57 bits per heavy atom. The Labute approximate surface area is 139 Å². The van der Waals surface area contributed by atoms with Crippen LogP contribution in [-0.2, 0) is 4.79 Å². The minimum absolute atomic E-state index is 0.0227. The first-order valence-electron chi connectivity index (χ1n) is 9.06. The summed E-state index contributed by atoms with van der Waals surface area (Å²) in [5.74, 6) is 0.107. The number of carbonyl (C=O) groups excluding carboxylic acids is 1. The molecule has 2 aliphatic rings. The molecule has 23 heavy (non-hydrogen) atoms. The lowest BCUT2D eigenvalue weighted by Crippen LogP contribution is -2.36. The Hall–Kier alpha value is -1.55. The number of carbonyl (C=O) groups is 1. The molecule has 0 aromatic heterocycles. The molecule has 4 heteroatoms. The fraction of sp³-hybridized carbons (Fsp3) is 0.632. The van der Waals surface area contributed by atoms with E-state index >= 15 is 0 Å². The third kappa shape index (κ3) is 4.05. The second-order valence-corrected chi connectivity index (χ2v) is 7.23. The summed E-state index contributed by atoms with van der Waals surface area (Å²) in [5.41, 5.74) is 8.14. The summed E-state index contributed by atoms with van der Waals surface area (Å²) >= 11 is 0. The molecule has 1 amide bonds. The second-order valence-electron chi connectivity index (χ2n) is 7.23. The quantitative estimate of drug-likeness (QED) is 0.874. The minimum Gasteiger partial charge on any atom is -0.371 e. The molecular weight excluding hydrogens is 286 g/mol. The van der Waals surface area contributed by atoms with Gasteiger partial charge in [0.05, 0.1) is 0 Å². The number of rotatable bonds is 5. The van der Waals surface area contributed by atoms with Gasteiger partial charge in [-0.3, -0.25) is 4.79 Å². The van der Waals surface area contributed by atoms with Gasteiger partial charge in [-0.05, 0) is 55.8 Å². The fourth-order valence-corrected chi connectivity index (χ4v) is 4.06. The molecule has 1 aliphatic heterocycles. The van der Waals surface area contributed by atoms with Crippen LogP contribution in [0, 0.1) is 5.41 Å². The smallest absolute Gasteiger partial charge is 0.224 e. The Kier molecular flexibility index (Phi) is 5.21. The Balaban J connectivity index is 1.62. The molecular formula is C19H29N3O. The maximum Gasteiger partial charge on any atom is 0.224 e. The van der Waals surface area contributed by atoms with E-state index in [-0.39, 0.29) is 11.3 Å². The molecule has 1 saturated carbocycles. The van der Waals surface area contributed by atoms with Gasteiger partial charge in [-0.2, -0.15) is 0 Å². The van der Waals surface area contributed by atoms with Gasteiger partial charge < -0.3 is 16.0 Å². The molecule has 1 heterocycles. The summed E-state index contributed by atoms with van der Waals surface area (Å²) in [6, 6.07) is 8.23. The minimum atomic E-state index is 0.0227. The van der Waals surface area contributed by atoms with E-state index in [1.54, 1.807) is 0 Å². The van der Waals surface area contributed by atoms with Gasteiger partial charge in [-0.15, -0.1) is 0 Å². The van der Waals surface area contributed by atoms with Gasteiger partial charge in [0.15, 0.2) is 0 Å². The Morgan fingerprint density at radius 1 is 1.13 bits per heavy atom. The van der Waals surface area contributed by atoms with Crippen molar-refractivity contribution in [1.82, 2.24) is 0 Å². The number of amides is 1. The summed E-state index contributed by atoms with van der Waals surface area (Å²) < 4.78 is 0. The van der Waals surface area contributed by atoms with Crippen LogP contribution in [-0.4, -0.2) is 25.5 Å². The van der Waals surface area contributed by atoms with E-state index in [2.05, 4.69) is 22.3 Å². The van der Waals surface area contributed by atoms with E-state index in [4.69, 9.17) is 5.73 Å². The van der Waals surface area contributed by atoms with E-state index < -0.39 is 0 Å². The number of hydrogen-bond acceptors (Lipinski definition) is 3. The highest BCUT2D eigenvalue weighted by molar-refractivity contribution is 5.91.